The molecule has 0 spiro atoms. The van der Waals surface area contributed by atoms with Crippen molar-refractivity contribution in [2.24, 2.45) is 0 Å². The van der Waals surface area contributed by atoms with Gasteiger partial charge in [0.1, 0.15) is 5.82 Å². The van der Waals surface area contributed by atoms with Gasteiger partial charge in [-0.05, 0) is 26.0 Å². The van der Waals surface area contributed by atoms with Crippen molar-refractivity contribution in [1.82, 2.24) is 24.9 Å². The van der Waals surface area contributed by atoms with Crippen molar-refractivity contribution >= 4 is 17.4 Å². The molecule has 0 aliphatic carbocycles. The van der Waals surface area contributed by atoms with E-state index in [4.69, 9.17) is 9.97 Å². The summed E-state index contributed by atoms with van der Waals surface area (Å²) in [4.78, 5) is 38.5. The van der Waals surface area contributed by atoms with Crippen LogP contribution in [-0.4, -0.2) is 44.4 Å². The van der Waals surface area contributed by atoms with E-state index in [-0.39, 0.29) is 11.9 Å². The first-order valence-corrected chi connectivity index (χ1v) is 10.1. The maximum Gasteiger partial charge on any atom is 0.226 e. The maximum absolute atomic E-state index is 12.2. The van der Waals surface area contributed by atoms with Crippen LogP contribution in [0.15, 0.2) is 36.8 Å². The van der Waals surface area contributed by atoms with Crippen LogP contribution in [0.1, 0.15) is 43.3 Å². The van der Waals surface area contributed by atoms with Gasteiger partial charge in [0.15, 0.2) is 11.6 Å². The number of nitrogens with zero attached hydrogens (tertiary/aromatic N) is 7. The third-order valence-corrected chi connectivity index (χ3v) is 5.46. The molecule has 3 aromatic heterocycles. The average Bonchev–Trinajstić information content (AvgIpc) is 2.78. The molecule has 1 atom stereocenters. The Morgan fingerprint density at radius 1 is 1.17 bits per heavy atom. The van der Waals surface area contributed by atoms with Gasteiger partial charge in [-0.1, -0.05) is 6.92 Å². The zero-order valence-corrected chi connectivity index (χ0v) is 17.7. The molecular weight excluding hydrogens is 378 g/mol. The monoisotopic (exact) mass is 403 g/mol. The van der Waals surface area contributed by atoms with Crippen LogP contribution >= 0.6 is 0 Å². The molecule has 1 aliphatic rings. The summed E-state index contributed by atoms with van der Waals surface area (Å²) in [6.07, 6.45) is 6.49. The normalized spacial score (nSPS) is 15.6. The first-order valence-electron chi connectivity index (χ1n) is 10.1. The van der Waals surface area contributed by atoms with E-state index in [0.717, 1.165) is 41.4 Å². The van der Waals surface area contributed by atoms with Crippen molar-refractivity contribution in [3.63, 3.8) is 0 Å². The van der Waals surface area contributed by atoms with Gasteiger partial charge < -0.3 is 9.80 Å². The minimum absolute atomic E-state index is 0.0637. The molecular formula is C22H25N7O. The van der Waals surface area contributed by atoms with Gasteiger partial charge in [-0.25, -0.2) is 24.9 Å². The lowest BCUT2D eigenvalue weighted by Crippen LogP contribution is -2.35. The van der Waals surface area contributed by atoms with Crippen molar-refractivity contribution in [3.8, 4) is 11.6 Å². The molecule has 0 radical (unpaired) electrons. The highest BCUT2D eigenvalue weighted by atomic mass is 16.2. The van der Waals surface area contributed by atoms with Gasteiger partial charge in [0.25, 0.3) is 0 Å². The lowest BCUT2D eigenvalue weighted by atomic mass is 9.99. The molecule has 154 valence electrons. The molecule has 4 heterocycles. The quantitative estimate of drug-likeness (QED) is 0.661. The Bertz CT molecular complexity index is 1070. The van der Waals surface area contributed by atoms with Gasteiger partial charge in [-0.2, -0.15) is 0 Å². The zero-order valence-electron chi connectivity index (χ0n) is 17.7. The van der Waals surface area contributed by atoms with Crippen LogP contribution in [0.5, 0.6) is 0 Å². The second-order valence-corrected chi connectivity index (χ2v) is 7.42. The molecule has 4 rings (SSSR count). The van der Waals surface area contributed by atoms with Crippen LogP contribution in [0.2, 0.25) is 0 Å². The number of rotatable bonds is 4. The van der Waals surface area contributed by atoms with Crippen molar-refractivity contribution in [2.45, 2.75) is 39.7 Å². The Balaban J connectivity index is 1.64. The molecule has 1 unspecified atom stereocenters. The Morgan fingerprint density at radius 3 is 2.67 bits per heavy atom. The number of anilines is 2. The predicted molar refractivity (Wildman–Crippen MR) is 115 cm³/mol. The molecule has 30 heavy (non-hydrogen) atoms. The number of fused-ring (bicyclic) bond motifs is 1. The van der Waals surface area contributed by atoms with E-state index in [9.17, 15) is 4.79 Å². The van der Waals surface area contributed by atoms with Gasteiger partial charge in [-0.15, -0.1) is 0 Å². The van der Waals surface area contributed by atoms with Gasteiger partial charge in [0.2, 0.25) is 5.91 Å². The van der Waals surface area contributed by atoms with Crippen molar-refractivity contribution in [3.05, 3.63) is 53.7 Å². The first kappa shape index (κ1) is 19.9. The average molecular weight is 403 g/mol. The van der Waals surface area contributed by atoms with Crippen molar-refractivity contribution in [1.29, 1.82) is 0 Å². The maximum atomic E-state index is 12.2. The standard InChI is InChI=1S/C22H25N7O/c1-5-20(30)28(4)16-11-14(2)26-19(12-16)29-10-7-18-17(15(29)3)13-25-22(27-18)21-23-8-6-9-24-21/h6,8-9,11-13,15H,5,7,10H2,1-4H3. The van der Waals surface area contributed by atoms with Crippen LogP contribution in [0, 0.1) is 6.92 Å². The highest BCUT2D eigenvalue weighted by Crippen LogP contribution is 2.33. The van der Waals surface area contributed by atoms with Crippen molar-refractivity contribution < 1.29 is 4.79 Å². The fourth-order valence-electron chi connectivity index (χ4n) is 3.75. The second kappa shape index (κ2) is 8.14. The summed E-state index contributed by atoms with van der Waals surface area (Å²) >= 11 is 0. The second-order valence-electron chi connectivity index (χ2n) is 7.42. The molecule has 8 heteroatoms. The van der Waals surface area contributed by atoms with Gasteiger partial charge in [-0.3, -0.25) is 4.79 Å². The fourth-order valence-corrected chi connectivity index (χ4v) is 3.75. The number of pyridine rings is 1. The first-order chi connectivity index (χ1) is 14.5. The van der Waals surface area contributed by atoms with E-state index < -0.39 is 0 Å². The molecule has 0 bridgehead atoms. The summed E-state index contributed by atoms with van der Waals surface area (Å²) in [5.41, 5.74) is 3.82. The number of carbonyl (C=O) groups is 1. The summed E-state index contributed by atoms with van der Waals surface area (Å²) in [5, 5.41) is 0. The van der Waals surface area contributed by atoms with Crippen LogP contribution in [0.4, 0.5) is 11.5 Å². The lowest BCUT2D eigenvalue weighted by Gasteiger charge is -2.36. The zero-order chi connectivity index (χ0) is 21.3. The number of hydrogen-bond acceptors (Lipinski definition) is 7. The van der Waals surface area contributed by atoms with Gasteiger partial charge in [0.05, 0.1) is 11.7 Å². The van der Waals surface area contributed by atoms with Crippen LogP contribution < -0.4 is 9.80 Å². The molecule has 0 N–H and O–H groups in total. The molecule has 0 fully saturated rings. The minimum Gasteiger partial charge on any atom is -0.349 e. The largest absolute Gasteiger partial charge is 0.349 e. The molecule has 0 saturated heterocycles. The molecule has 3 aromatic rings. The summed E-state index contributed by atoms with van der Waals surface area (Å²) in [5.74, 6) is 2.01. The Labute approximate surface area is 176 Å². The van der Waals surface area contributed by atoms with E-state index in [1.54, 1.807) is 30.4 Å². The van der Waals surface area contributed by atoms with Crippen LogP contribution in [-0.2, 0) is 11.2 Å². The summed E-state index contributed by atoms with van der Waals surface area (Å²) in [6, 6.07) is 5.76. The summed E-state index contributed by atoms with van der Waals surface area (Å²) < 4.78 is 0. The number of hydrogen-bond donors (Lipinski definition) is 0. The Morgan fingerprint density at radius 2 is 1.93 bits per heavy atom. The van der Waals surface area contributed by atoms with E-state index in [2.05, 4.69) is 26.8 Å². The third kappa shape index (κ3) is 3.72. The minimum atomic E-state index is 0.0637. The Kier molecular flexibility index (Phi) is 5.39. The topological polar surface area (TPSA) is 88.0 Å². The number of aromatic nitrogens is 5. The van der Waals surface area contributed by atoms with E-state index in [1.165, 1.54) is 0 Å². The molecule has 1 amide bonds. The van der Waals surface area contributed by atoms with Gasteiger partial charge in [0, 0.05) is 68.0 Å². The Hall–Kier alpha value is -3.42. The molecule has 0 aromatic carbocycles. The van der Waals surface area contributed by atoms with Crippen LogP contribution in [0.25, 0.3) is 11.6 Å². The number of aryl methyl sites for hydroxylation is 1. The van der Waals surface area contributed by atoms with E-state index in [0.29, 0.717) is 18.1 Å². The SMILES string of the molecule is CCC(=O)N(C)c1cc(C)nc(N2CCc3nc(-c4ncccn4)ncc3C2C)c1. The lowest BCUT2D eigenvalue weighted by molar-refractivity contribution is -0.118. The third-order valence-electron chi connectivity index (χ3n) is 5.46. The molecule has 8 nitrogen and oxygen atoms in total. The molecule has 0 saturated carbocycles. The molecule has 1 aliphatic heterocycles. The van der Waals surface area contributed by atoms with E-state index >= 15 is 0 Å². The van der Waals surface area contributed by atoms with Crippen molar-refractivity contribution in [2.75, 3.05) is 23.4 Å². The number of carbonyl (C=O) groups excluding carboxylic acids is 1. The predicted octanol–water partition coefficient (Wildman–Crippen LogP) is 3.13. The fraction of sp³-hybridized carbons (Fsp3) is 0.364. The summed E-state index contributed by atoms with van der Waals surface area (Å²) in [7, 11) is 1.81. The van der Waals surface area contributed by atoms with E-state index in [1.807, 2.05) is 32.2 Å². The highest BCUT2D eigenvalue weighted by Gasteiger charge is 2.28. The summed E-state index contributed by atoms with van der Waals surface area (Å²) in [6.45, 7) is 6.73. The number of amides is 1. The van der Waals surface area contributed by atoms with Gasteiger partial charge >= 0.3 is 0 Å². The highest BCUT2D eigenvalue weighted by molar-refractivity contribution is 5.93. The van der Waals surface area contributed by atoms with Crippen LogP contribution in [0.3, 0.4) is 0 Å². The smallest absolute Gasteiger partial charge is 0.226 e.